The fraction of sp³-hybridized carbons (Fsp3) is 0.562. The summed E-state index contributed by atoms with van der Waals surface area (Å²) in [6, 6.07) is 3.64. The Kier molecular flexibility index (Phi) is 5.62. The van der Waals surface area contributed by atoms with E-state index < -0.39 is 31.8 Å². The van der Waals surface area contributed by atoms with Gasteiger partial charge in [0.15, 0.2) is 9.84 Å². The molecule has 0 aliphatic carbocycles. The van der Waals surface area contributed by atoms with E-state index in [1.165, 1.54) is 22.5 Å². The van der Waals surface area contributed by atoms with Crippen LogP contribution < -0.4 is 5.32 Å². The molecule has 1 amide bonds. The molecule has 2 aliphatic heterocycles. The van der Waals surface area contributed by atoms with E-state index in [0.717, 1.165) is 19.3 Å². The molecule has 1 aromatic carbocycles. The fourth-order valence-corrected chi connectivity index (χ4v) is 6.96. The van der Waals surface area contributed by atoms with Crippen LogP contribution in [0, 0.1) is 0 Å². The third-order valence-electron chi connectivity index (χ3n) is 4.69. The first-order chi connectivity index (χ1) is 12.2. The molecule has 0 unspecified atom stereocenters. The number of hydrogen-bond acceptors (Lipinski definition) is 5. The molecular weight excluding hydrogens is 400 g/mol. The van der Waals surface area contributed by atoms with Crippen LogP contribution in [0.2, 0.25) is 5.02 Å². The average Bonchev–Trinajstić information content (AvgIpc) is 2.94. The van der Waals surface area contributed by atoms with Crippen LogP contribution in [0.3, 0.4) is 0 Å². The number of piperidine rings is 1. The number of hydrogen-bond donors (Lipinski definition) is 1. The van der Waals surface area contributed by atoms with Gasteiger partial charge in [0, 0.05) is 24.7 Å². The van der Waals surface area contributed by atoms with Crippen molar-refractivity contribution in [2.75, 3.05) is 24.6 Å². The Hall–Kier alpha value is -1.16. The lowest BCUT2D eigenvalue weighted by molar-refractivity contribution is 0.0941. The summed E-state index contributed by atoms with van der Waals surface area (Å²) in [5.41, 5.74) is 0.147. The Labute approximate surface area is 158 Å². The standard InChI is InChI=1S/C16H21ClN2O5S2/c17-14-5-4-12(16(20)18-13-6-9-25(21,22)11-13)10-15(14)26(23,24)19-7-2-1-3-8-19/h4-5,10,13H,1-3,6-9,11H2,(H,18,20)/t13-/m1/s1. The molecule has 3 rings (SSSR count). The Balaban J connectivity index is 1.82. The van der Waals surface area contributed by atoms with E-state index in [0.29, 0.717) is 19.5 Å². The van der Waals surface area contributed by atoms with Crippen molar-refractivity contribution in [1.82, 2.24) is 9.62 Å². The van der Waals surface area contributed by atoms with Gasteiger partial charge in [0.25, 0.3) is 5.91 Å². The summed E-state index contributed by atoms with van der Waals surface area (Å²) in [5.74, 6) is -0.544. The Morgan fingerprint density at radius 2 is 1.88 bits per heavy atom. The number of halogens is 1. The second kappa shape index (κ2) is 7.46. The zero-order valence-corrected chi connectivity index (χ0v) is 16.5. The smallest absolute Gasteiger partial charge is 0.251 e. The summed E-state index contributed by atoms with van der Waals surface area (Å²) in [4.78, 5) is 12.3. The molecule has 0 saturated carbocycles. The summed E-state index contributed by atoms with van der Waals surface area (Å²) in [6.07, 6.45) is 2.95. The van der Waals surface area contributed by atoms with Crippen molar-refractivity contribution < 1.29 is 21.6 Å². The zero-order chi connectivity index (χ0) is 18.9. The van der Waals surface area contributed by atoms with Crippen molar-refractivity contribution in [3.8, 4) is 0 Å². The first kappa shape index (κ1) is 19.6. The lowest BCUT2D eigenvalue weighted by Crippen LogP contribution is -2.37. The van der Waals surface area contributed by atoms with Gasteiger partial charge in [-0.15, -0.1) is 0 Å². The van der Waals surface area contributed by atoms with Crippen molar-refractivity contribution in [3.05, 3.63) is 28.8 Å². The molecular formula is C16H21ClN2O5S2. The predicted molar refractivity (Wildman–Crippen MR) is 98.6 cm³/mol. The normalized spacial score (nSPS) is 23.7. The quantitative estimate of drug-likeness (QED) is 0.794. The average molecular weight is 421 g/mol. The van der Waals surface area contributed by atoms with Gasteiger partial charge in [0.1, 0.15) is 4.90 Å². The molecule has 26 heavy (non-hydrogen) atoms. The van der Waals surface area contributed by atoms with E-state index >= 15 is 0 Å². The van der Waals surface area contributed by atoms with E-state index in [9.17, 15) is 21.6 Å². The first-order valence-electron chi connectivity index (χ1n) is 8.50. The van der Waals surface area contributed by atoms with Crippen LogP contribution in [0.4, 0.5) is 0 Å². The van der Waals surface area contributed by atoms with Gasteiger partial charge < -0.3 is 5.32 Å². The maximum atomic E-state index is 12.8. The molecule has 1 atom stereocenters. The van der Waals surface area contributed by atoms with Crippen molar-refractivity contribution in [3.63, 3.8) is 0 Å². The molecule has 1 aromatic rings. The monoisotopic (exact) mass is 420 g/mol. The third kappa shape index (κ3) is 4.21. The van der Waals surface area contributed by atoms with E-state index in [1.54, 1.807) is 0 Å². The molecule has 10 heteroatoms. The largest absolute Gasteiger partial charge is 0.348 e. The predicted octanol–water partition coefficient (Wildman–Crippen LogP) is 1.43. The lowest BCUT2D eigenvalue weighted by Gasteiger charge is -2.26. The number of amides is 1. The minimum Gasteiger partial charge on any atom is -0.348 e. The van der Waals surface area contributed by atoms with Crippen LogP contribution >= 0.6 is 11.6 Å². The minimum atomic E-state index is -3.77. The number of benzene rings is 1. The zero-order valence-electron chi connectivity index (χ0n) is 14.1. The number of rotatable bonds is 4. The highest BCUT2D eigenvalue weighted by Crippen LogP contribution is 2.28. The Morgan fingerprint density at radius 1 is 1.19 bits per heavy atom. The van der Waals surface area contributed by atoms with Crippen LogP contribution in [0.1, 0.15) is 36.0 Å². The van der Waals surface area contributed by atoms with Gasteiger partial charge in [0.2, 0.25) is 10.0 Å². The lowest BCUT2D eigenvalue weighted by atomic mass is 10.2. The highest BCUT2D eigenvalue weighted by atomic mass is 35.5. The van der Waals surface area contributed by atoms with Crippen LogP contribution in [0.15, 0.2) is 23.1 Å². The second-order valence-electron chi connectivity index (χ2n) is 6.68. The molecule has 2 saturated heterocycles. The fourth-order valence-electron chi connectivity index (χ4n) is 3.26. The molecule has 0 aromatic heterocycles. The third-order valence-corrected chi connectivity index (χ3v) is 8.84. The number of sulfone groups is 1. The highest BCUT2D eigenvalue weighted by Gasteiger charge is 2.31. The van der Waals surface area contributed by atoms with Crippen LogP contribution in [-0.4, -0.2) is 57.7 Å². The van der Waals surface area contributed by atoms with Crippen molar-refractivity contribution in [1.29, 1.82) is 0 Å². The maximum Gasteiger partial charge on any atom is 0.251 e. The minimum absolute atomic E-state index is 0.0488. The molecule has 0 radical (unpaired) electrons. The molecule has 7 nitrogen and oxygen atoms in total. The summed E-state index contributed by atoms with van der Waals surface area (Å²) < 4.78 is 50.1. The van der Waals surface area contributed by atoms with Gasteiger partial charge in [-0.1, -0.05) is 18.0 Å². The summed E-state index contributed by atoms with van der Waals surface area (Å²) >= 11 is 6.10. The van der Waals surface area contributed by atoms with E-state index in [2.05, 4.69) is 5.32 Å². The van der Waals surface area contributed by atoms with E-state index in [4.69, 9.17) is 11.6 Å². The van der Waals surface area contributed by atoms with Crippen molar-refractivity contribution in [2.45, 2.75) is 36.6 Å². The molecule has 2 fully saturated rings. The van der Waals surface area contributed by atoms with Crippen LogP contribution in [-0.2, 0) is 19.9 Å². The number of carbonyl (C=O) groups is 1. The van der Waals surface area contributed by atoms with Gasteiger partial charge in [-0.2, -0.15) is 4.31 Å². The van der Waals surface area contributed by atoms with Crippen molar-refractivity contribution in [2.24, 2.45) is 0 Å². The van der Waals surface area contributed by atoms with Crippen molar-refractivity contribution >= 4 is 37.4 Å². The SMILES string of the molecule is O=C(N[C@@H]1CCS(=O)(=O)C1)c1ccc(Cl)c(S(=O)(=O)N2CCCCC2)c1. The summed E-state index contributed by atoms with van der Waals surface area (Å²) in [6.45, 7) is 0.879. The van der Waals surface area contributed by atoms with Gasteiger partial charge in [0.05, 0.1) is 16.5 Å². The van der Waals surface area contributed by atoms with Crippen LogP contribution in [0.25, 0.3) is 0 Å². The van der Waals surface area contributed by atoms with Gasteiger partial charge >= 0.3 is 0 Å². The van der Waals surface area contributed by atoms with E-state index in [-0.39, 0.29) is 27.0 Å². The molecule has 1 N–H and O–H groups in total. The van der Waals surface area contributed by atoms with E-state index in [1.807, 2.05) is 0 Å². The highest BCUT2D eigenvalue weighted by molar-refractivity contribution is 7.91. The molecule has 144 valence electrons. The summed E-state index contributed by atoms with van der Waals surface area (Å²) in [7, 11) is -6.88. The van der Waals surface area contributed by atoms with Crippen LogP contribution in [0.5, 0.6) is 0 Å². The molecule has 2 heterocycles. The number of nitrogens with one attached hydrogen (secondary N) is 1. The summed E-state index contributed by atoms with van der Waals surface area (Å²) in [5, 5.41) is 2.72. The number of carbonyl (C=O) groups excluding carboxylic acids is 1. The second-order valence-corrected chi connectivity index (χ2v) is 11.2. The van der Waals surface area contributed by atoms with Gasteiger partial charge in [-0.3, -0.25) is 4.79 Å². The molecule has 2 aliphatic rings. The Morgan fingerprint density at radius 3 is 2.50 bits per heavy atom. The Bertz CT molecular complexity index is 909. The molecule has 0 spiro atoms. The topological polar surface area (TPSA) is 101 Å². The maximum absolute atomic E-state index is 12.8. The molecule has 0 bridgehead atoms. The van der Waals surface area contributed by atoms with Gasteiger partial charge in [-0.25, -0.2) is 16.8 Å². The number of sulfonamides is 1. The number of nitrogens with zero attached hydrogens (tertiary/aromatic N) is 1. The van der Waals surface area contributed by atoms with Gasteiger partial charge in [-0.05, 0) is 37.5 Å². The first-order valence-corrected chi connectivity index (χ1v) is 12.1.